The van der Waals surface area contributed by atoms with Crippen molar-refractivity contribution in [3.63, 3.8) is 0 Å². The lowest BCUT2D eigenvalue weighted by Gasteiger charge is -2.10. The number of aliphatic hydroxyl groups excluding tert-OH is 1. The van der Waals surface area contributed by atoms with Gasteiger partial charge in [-0.15, -0.1) is 13.2 Å². The van der Waals surface area contributed by atoms with E-state index < -0.39 is 30.4 Å². The van der Waals surface area contributed by atoms with Gasteiger partial charge >= 0.3 is 6.36 Å². The van der Waals surface area contributed by atoms with Gasteiger partial charge in [-0.2, -0.15) is 0 Å². The van der Waals surface area contributed by atoms with Crippen LogP contribution in [0.1, 0.15) is 21.5 Å². The minimum absolute atomic E-state index is 0.0127. The highest BCUT2D eigenvalue weighted by molar-refractivity contribution is 5.94. The van der Waals surface area contributed by atoms with Crippen molar-refractivity contribution in [2.24, 2.45) is 0 Å². The van der Waals surface area contributed by atoms with Gasteiger partial charge < -0.3 is 15.2 Å². The van der Waals surface area contributed by atoms with Gasteiger partial charge in [0.15, 0.2) is 0 Å². The van der Waals surface area contributed by atoms with E-state index in [0.717, 1.165) is 18.2 Å². The Hall–Kier alpha value is -2.61. The van der Waals surface area contributed by atoms with Crippen LogP contribution in [0, 0.1) is 5.82 Å². The number of carbonyl (C=O) groups excluding carboxylic acids is 1. The van der Waals surface area contributed by atoms with Gasteiger partial charge in [-0.05, 0) is 35.9 Å². The number of rotatable bonds is 5. The summed E-state index contributed by atoms with van der Waals surface area (Å²) in [6.07, 6.45) is -4.84. The number of aliphatic hydroxyl groups is 1. The Morgan fingerprint density at radius 3 is 2.58 bits per heavy atom. The second-order valence-corrected chi connectivity index (χ2v) is 4.84. The summed E-state index contributed by atoms with van der Waals surface area (Å²) in [5.74, 6) is -1.68. The Morgan fingerprint density at radius 1 is 1.17 bits per heavy atom. The van der Waals surface area contributed by atoms with Gasteiger partial charge in [0.05, 0.1) is 6.61 Å². The quantitative estimate of drug-likeness (QED) is 0.820. The first-order valence-corrected chi connectivity index (χ1v) is 6.80. The predicted octanol–water partition coefficient (Wildman–Crippen LogP) is 3.15. The molecular weight excluding hydrogens is 330 g/mol. The van der Waals surface area contributed by atoms with Gasteiger partial charge in [-0.25, -0.2) is 4.39 Å². The Morgan fingerprint density at radius 2 is 1.92 bits per heavy atom. The molecule has 8 heteroatoms. The van der Waals surface area contributed by atoms with E-state index in [1.165, 1.54) is 24.3 Å². The average molecular weight is 343 g/mol. The number of hydrogen-bond donors (Lipinski definition) is 2. The maximum Gasteiger partial charge on any atom is 0.573 e. The number of amides is 1. The molecule has 0 aliphatic carbocycles. The molecule has 2 N–H and O–H groups in total. The van der Waals surface area contributed by atoms with E-state index in [-0.39, 0.29) is 17.7 Å². The van der Waals surface area contributed by atoms with Crippen LogP contribution in [0.25, 0.3) is 0 Å². The lowest BCUT2D eigenvalue weighted by Crippen LogP contribution is -2.23. The summed E-state index contributed by atoms with van der Waals surface area (Å²) in [4.78, 5) is 12.0. The van der Waals surface area contributed by atoms with Crippen molar-refractivity contribution in [1.29, 1.82) is 0 Å². The summed E-state index contributed by atoms with van der Waals surface area (Å²) in [6, 6.07) is 8.62. The minimum atomic E-state index is -4.84. The maximum absolute atomic E-state index is 13.3. The molecular formula is C16H13F4NO3. The number of nitrogens with one attached hydrogen (secondary N) is 1. The average Bonchev–Trinajstić information content (AvgIpc) is 2.52. The summed E-state index contributed by atoms with van der Waals surface area (Å²) >= 11 is 0. The molecule has 0 fully saturated rings. The molecule has 0 spiro atoms. The molecule has 0 aliphatic heterocycles. The molecule has 0 aliphatic rings. The van der Waals surface area contributed by atoms with Crippen LogP contribution in [-0.2, 0) is 13.2 Å². The number of hydrogen-bond acceptors (Lipinski definition) is 3. The Bertz CT molecular complexity index is 732. The number of carbonyl (C=O) groups is 1. The van der Waals surface area contributed by atoms with Crippen LogP contribution in [0.15, 0.2) is 42.5 Å². The molecule has 0 radical (unpaired) electrons. The molecule has 2 rings (SSSR count). The second kappa shape index (κ2) is 7.31. The Balaban J connectivity index is 2.03. The number of halogens is 4. The van der Waals surface area contributed by atoms with Crippen LogP contribution < -0.4 is 10.1 Å². The molecule has 2 aromatic rings. The van der Waals surface area contributed by atoms with Crippen molar-refractivity contribution in [3.05, 3.63) is 65.0 Å². The molecule has 0 heterocycles. The monoisotopic (exact) mass is 343 g/mol. The van der Waals surface area contributed by atoms with Crippen molar-refractivity contribution >= 4 is 5.91 Å². The molecule has 24 heavy (non-hydrogen) atoms. The summed E-state index contributed by atoms with van der Waals surface area (Å²) < 4.78 is 53.5. The normalized spacial score (nSPS) is 11.2. The molecule has 0 unspecified atom stereocenters. The van der Waals surface area contributed by atoms with Gasteiger partial charge in [0.2, 0.25) is 0 Å². The number of alkyl halides is 3. The fourth-order valence-corrected chi connectivity index (χ4v) is 1.98. The van der Waals surface area contributed by atoms with Crippen molar-refractivity contribution < 1.29 is 32.2 Å². The number of ether oxygens (including phenoxy) is 1. The molecule has 0 bridgehead atoms. The molecule has 128 valence electrons. The molecule has 0 saturated heterocycles. The van der Waals surface area contributed by atoms with E-state index in [2.05, 4.69) is 10.1 Å². The third-order valence-electron chi connectivity index (χ3n) is 3.06. The Kier molecular flexibility index (Phi) is 5.40. The van der Waals surface area contributed by atoms with Crippen molar-refractivity contribution in [3.8, 4) is 5.75 Å². The smallest absolute Gasteiger partial charge is 0.406 e. The highest BCUT2D eigenvalue weighted by atomic mass is 19.4. The third kappa shape index (κ3) is 4.95. The van der Waals surface area contributed by atoms with E-state index in [0.29, 0.717) is 5.56 Å². The molecule has 2 aromatic carbocycles. The summed E-state index contributed by atoms with van der Waals surface area (Å²) in [5.41, 5.74) is 0.611. The maximum atomic E-state index is 13.3. The van der Waals surface area contributed by atoms with Crippen LogP contribution in [0.2, 0.25) is 0 Å². The van der Waals surface area contributed by atoms with Crippen LogP contribution in [0.5, 0.6) is 5.75 Å². The zero-order valence-corrected chi connectivity index (χ0v) is 12.2. The lowest BCUT2D eigenvalue weighted by molar-refractivity contribution is -0.274. The van der Waals surface area contributed by atoms with E-state index in [4.69, 9.17) is 5.11 Å². The zero-order chi connectivity index (χ0) is 17.7. The van der Waals surface area contributed by atoms with Crippen LogP contribution >= 0.6 is 0 Å². The van der Waals surface area contributed by atoms with E-state index in [1.54, 1.807) is 0 Å². The van der Waals surface area contributed by atoms with Gasteiger partial charge in [-0.1, -0.05) is 12.1 Å². The van der Waals surface area contributed by atoms with Crippen LogP contribution in [0.3, 0.4) is 0 Å². The van der Waals surface area contributed by atoms with Gasteiger partial charge in [-0.3, -0.25) is 4.79 Å². The van der Waals surface area contributed by atoms with Gasteiger partial charge in [0, 0.05) is 17.7 Å². The van der Waals surface area contributed by atoms with E-state index in [1.807, 2.05) is 0 Å². The van der Waals surface area contributed by atoms with Gasteiger partial charge in [0.1, 0.15) is 11.6 Å². The topological polar surface area (TPSA) is 58.6 Å². The van der Waals surface area contributed by atoms with Gasteiger partial charge in [0.25, 0.3) is 5.91 Å². The number of benzene rings is 2. The first kappa shape index (κ1) is 17.7. The summed E-state index contributed by atoms with van der Waals surface area (Å²) in [6.45, 7) is -0.457. The largest absolute Gasteiger partial charge is 0.573 e. The fourth-order valence-electron chi connectivity index (χ4n) is 1.98. The second-order valence-electron chi connectivity index (χ2n) is 4.84. The van der Waals surface area contributed by atoms with Crippen molar-refractivity contribution in [1.82, 2.24) is 5.32 Å². The third-order valence-corrected chi connectivity index (χ3v) is 3.06. The fraction of sp³-hybridized carbons (Fsp3) is 0.188. The summed E-state index contributed by atoms with van der Waals surface area (Å²) in [7, 11) is 0. The van der Waals surface area contributed by atoms with Crippen molar-refractivity contribution in [2.45, 2.75) is 19.5 Å². The molecule has 4 nitrogen and oxygen atoms in total. The molecule has 1 amide bonds. The van der Waals surface area contributed by atoms with E-state index in [9.17, 15) is 22.4 Å². The predicted molar refractivity (Wildman–Crippen MR) is 76.6 cm³/mol. The summed E-state index contributed by atoms with van der Waals surface area (Å²) in [5, 5.41) is 11.5. The minimum Gasteiger partial charge on any atom is -0.406 e. The van der Waals surface area contributed by atoms with Crippen LogP contribution in [0.4, 0.5) is 17.6 Å². The molecule has 0 atom stereocenters. The SMILES string of the molecule is O=C(NCc1ccc(F)c(CO)c1)c1cccc(OC(F)(F)F)c1. The molecule has 0 saturated carbocycles. The zero-order valence-electron chi connectivity index (χ0n) is 12.2. The van der Waals surface area contributed by atoms with Crippen molar-refractivity contribution in [2.75, 3.05) is 0 Å². The first-order valence-electron chi connectivity index (χ1n) is 6.80. The first-order chi connectivity index (χ1) is 11.3. The standard InChI is InChI=1S/C16H13F4NO3/c17-14-5-4-10(6-12(14)9-22)8-21-15(23)11-2-1-3-13(7-11)24-16(18,19)20/h1-7,22H,8-9H2,(H,21,23). The van der Waals surface area contributed by atoms with E-state index >= 15 is 0 Å². The lowest BCUT2D eigenvalue weighted by atomic mass is 10.1. The highest BCUT2D eigenvalue weighted by Crippen LogP contribution is 2.23. The highest BCUT2D eigenvalue weighted by Gasteiger charge is 2.31. The Labute approximate surface area is 134 Å². The molecule has 0 aromatic heterocycles. The van der Waals surface area contributed by atoms with Crippen LogP contribution in [-0.4, -0.2) is 17.4 Å².